The molecule has 7 heteroatoms. The highest BCUT2D eigenvalue weighted by Crippen LogP contribution is 2.31. The van der Waals surface area contributed by atoms with Crippen LogP contribution in [0.5, 0.6) is 0 Å². The molecule has 1 aromatic heterocycles. The molecule has 1 heterocycles. The Hall–Kier alpha value is -4.18. The Morgan fingerprint density at radius 3 is 2.60 bits per heavy atom. The van der Waals surface area contributed by atoms with Crippen LogP contribution in [-0.2, 0) is 4.79 Å². The number of benzene rings is 2. The van der Waals surface area contributed by atoms with E-state index in [9.17, 15) is 20.2 Å². The first-order valence-corrected chi connectivity index (χ1v) is 9.14. The summed E-state index contributed by atoms with van der Waals surface area (Å²) >= 11 is 0. The Morgan fingerprint density at radius 2 is 1.93 bits per heavy atom. The number of rotatable bonds is 5. The van der Waals surface area contributed by atoms with E-state index in [0.29, 0.717) is 28.3 Å². The summed E-state index contributed by atoms with van der Waals surface area (Å²) in [6, 6.07) is 15.6. The number of amides is 1. The van der Waals surface area contributed by atoms with E-state index in [1.165, 1.54) is 12.1 Å². The van der Waals surface area contributed by atoms with E-state index in [1.54, 1.807) is 44.2 Å². The number of nitriles is 1. The molecule has 7 nitrogen and oxygen atoms in total. The van der Waals surface area contributed by atoms with Gasteiger partial charge in [-0.05, 0) is 62.2 Å². The van der Waals surface area contributed by atoms with Crippen LogP contribution in [-0.4, -0.2) is 10.8 Å². The second-order valence-corrected chi connectivity index (χ2v) is 6.89. The molecule has 0 aliphatic heterocycles. The van der Waals surface area contributed by atoms with Gasteiger partial charge in [0.2, 0.25) is 0 Å². The molecule has 3 rings (SSSR count). The number of anilines is 1. The van der Waals surface area contributed by atoms with Gasteiger partial charge in [-0.3, -0.25) is 14.9 Å². The molecule has 0 aliphatic rings. The van der Waals surface area contributed by atoms with Gasteiger partial charge in [-0.2, -0.15) is 5.26 Å². The first kappa shape index (κ1) is 20.6. The number of hydrogen-bond donors (Lipinski definition) is 1. The van der Waals surface area contributed by atoms with Gasteiger partial charge in [0.15, 0.2) is 0 Å². The Kier molecular flexibility index (Phi) is 5.79. The summed E-state index contributed by atoms with van der Waals surface area (Å²) in [5.74, 6) is 0.147. The molecule has 30 heavy (non-hydrogen) atoms. The van der Waals surface area contributed by atoms with Crippen LogP contribution in [0, 0.1) is 42.2 Å². The average molecular weight is 401 g/mol. The van der Waals surface area contributed by atoms with Gasteiger partial charge in [-0.25, -0.2) is 0 Å². The van der Waals surface area contributed by atoms with Crippen molar-refractivity contribution in [1.82, 2.24) is 0 Å². The predicted molar refractivity (Wildman–Crippen MR) is 114 cm³/mol. The minimum Gasteiger partial charge on any atom is -0.457 e. The van der Waals surface area contributed by atoms with Crippen LogP contribution >= 0.6 is 0 Å². The summed E-state index contributed by atoms with van der Waals surface area (Å²) in [7, 11) is 0. The molecular weight excluding hydrogens is 382 g/mol. The summed E-state index contributed by atoms with van der Waals surface area (Å²) in [6.45, 7) is 5.39. The molecule has 0 saturated carbocycles. The van der Waals surface area contributed by atoms with Crippen LogP contribution < -0.4 is 5.32 Å². The standard InChI is InChI=1S/C23H19N3O4/c1-14-5-4-6-19(9-14)25-23(27)18(13-24)11-20-7-8-22(30-20)17-10-15(2)16(3)21(12-17)26(28)29/h4-12H,1-3H3,(H,25,27)/b18-11-. The normalized spacial score (nSPS) is 11.1. The third-order valence-electron chi connectivity index (χ3n) is 4.68. The number of nitro groups is 1. The summed E-state index contributed by atoms with van der Waals surface area (Å²) in [6.07, 6.45) is 1.34. The number of carbonyl (C=O) groups excluding carboxylic acids is 1. The minimum atomic E-state index is -0.553. The van der Waals surface area contributed by atoms with Crippen molar-refractivity contribution in [1.29, 1.82) is 5.26 Å². The fourth-order valence-corrected chi connectivity index (χ4v) is 2.97. The molecule has 0 aliphatic carbocycles. The monoisotopic (exact) mass is 401 g/mol. The van der Waals surface area contributed by atoms with Crippen LogP contribution in [0.3, 0.4) is 0 Å². The number of nitrogens with zero attached hydrogens (tertiary/aromatic N) is 2. The lowest BCUT2D eigenvalue weighted by Crippen LogP contribution is -2.13. The largest absolute Gasteiger partial charge is 0.457 e. The van der Waals surface area contributed by atoms with E-state index < -0.39 is 10.8 Å². The highest BCUT2D eigenvalue weighted by molar-refractivity contribution is 6.09. The highest BCUT2D eigenvalue weighted by atomic mass is 16.6. The van der Waals surface area contributed by atoms with Gasteiger partial charge >= 0.3 is 0 Å². The SMILES string of the molecule is Cc1cccc(NC(=O)/C(C#N)=C\c2ccc(-c3cc(C)c(C)c([N+](=O)[O-])c3)o2)c1. The molecule has 1 N–H and O–H groups in total. The van der Waals surface area contributed by atoms with E-state index in [0.717, 1.165) is 11.1 Å². The highest BCUT2D eigenvalue weighted by Gasteiger charge is 2.17. The van der Waals surface area contributed by atoms with E-state index >= 15 is 0 Å². The predicted octanol–water partition coefficient (Wildman–Crippen LogP) is 5.33. The van der Waals surface area contributed by atoms with Gasteiger partial charge in [-0.15, -0.1) is 0 Å². The summed E-state index contributed by atoms with van der Waals surface area (Å²) < 4.78 is 5.72. The van der Waals surface area contributed by atoms with Crippen molar-refractivity contribution in [3.8, 4) is 17.4 Å². The second kappa shape index (κ2) is 8.45. The molecule has 0 unspecified atom stereocenters. The molecule has 150 valence electrons. The first-order chi connectivity index (χ1) is 14.3. The zero-order valence-corrected chi connectivity index (χ0v) is 16.7. The van der Waals surface area contributed by atoms with Gasteiger partial charge in [0.1, 0.15) is 23.2 Å². The number of carbonyl (C=O) groups is 1. The van der Waals surface area contributed by atoms with Crippen molar-refractivity contribution in [2.75, 3.05) is 5.32 Å². The van der Waals surface area contributed by atoms with Crippen LogP contribution in [0.4, 0.5) is 11.4 Å². The number of aryl methyl sites for hydroxylation is 2. The van der Waals surface area contributed by atoms with Gasteiger partial charge in [0, 0.05) is 29.0 Å². The van der Waals surface area contributed by atoms with E-state index in [1.807, 2.05) is 25.1 Å². The van der Waals surface area contributed by atoms with Crippen molar-refractivity contribution >= 4 is 23.4 Å². The number of hydrogen-bond acceptors (Lipinski definition) is 5. The summed E-state index contributed by atoms with van der Waals surface area (Å²) in [5.41, 5.74) is 3.36. The zero-order chi connectivity index (χ0) is 21.8. The first-order valence-electron chi connectivity index (χ1n) is 9.14. The summed E-state index contributed by atoms with van der Waals surface area (Å²) in [5, 5.41) is 23.3. The van der Waals surface area contributed by atoms with E-state index in [2.05, 4.69) is 5.32 Å². The Bertz CT molecular complexity index is 1220. The summed E-state index contributed by atoms with van der Waals surface area (Å²) in [4.78, 5) is 23.3. The van der Waals surface area contributed by atoms with E-state index in [-0.39, 0.29) is 11.3 Å². The third-order valence-corrected chi connectivity index (χ3v) is 4.68. The minimum absolute atomic E-state index is 0.00809. The Morgan fingerprint density at radius 1 is 1.17 bits per heavy atom. The van der Waals surface area contributed by atoms with Crippen LogP contribution in [0.2, 0.25) is 0 Å². The van der Waals surface area contributed by atoms with Gasteiger partial charge in [-0.1, -0.05) is 12.1 Å². The van der Waals surface area contributed by atoms with Crippen LogP contribution in [0.15, 0.2) is 58.5 Å². The number of nitro benzene ring substituents is 1. The average Bonchev–Trinajstić information content (AvgIpc) is 3.16. The molecule has 0 atom stereocenters. The maximum atomic E-state index is 12.4. The van der Waals surface area contributed by atoms with Crippen molar-refractivity contribution in [2.45, 2.75) is 20.8 Å². The Labute approximate surface area is 173 Å². The topological polar surface area (TPSA) is 109 Å². The maximum absolute atomic E-state index is 12.4. The smallest absolute Gasteiger partial charge is 0.273 e. The van der Waals surface area contributed by atoms with Crippen LogP contribution in [0.1, 0.15) is 22.5 Å². The Balaban J connectivity index is 1.88. The lowest BCUT2D eigenvalue weighted by molar-refractivity contribution is -0.385. The second-order valence-electron chi connectivity index (χ2n) is 6.89. The molecule has 0 radical (unpaired) electrons. The lowest BCUT2D eigenvalue weighted by Gasteiger charge is -2.05. The number of nitrogens with one attached hydrogen (secondary N) is 1. The van der Waals surface area contributed by atoms with Gasteiger partial charge < -0.3 is 9.73 Å². The van der Waals surface area contributed by atoms with Gasteiger partial charge in [0.05, 0.1) is 4.92 Å². The fraction of sp³-hybridized carbons (Fsp3) is 0.130. The molecule has 0 fully saturated rings. The molecule has 0 bridgehead atoms. The third kappa shape index (κ3) is 4.45. The fourth-order valence-electron chi connectivity index (χ4n) is 2.97. The quantitative estimate of drug-likeness (QED) is 0.269. The molecule has 0 saturated heterocycles. The molecular formula is C23H19N3O4. The van der Waals surface area contributed by atoms with Crippen molar-refractivity contribution in [3.05, 3.63) is 86.7 Å². The van der Waals surface area contributed by atoms with Gasteiger partial charge in [0.25, 0.3) is 11.6 Å². The molecule has 2 aromatic carbocycles. The van der Waals surface area contributed by atoms with Crippen LogP contribution in [0.25, 0.3) is 17.4 Å². The molecule has 0 spiro atoms. The lowest BCUT2D eigenvalue weighted by atomic mass is 10.0. The van der Waals surface area contributed by atoms with E-state index in [4.69, 9.17) is 4.42 Å². The van der Waals surface area contributed by atoms with Crippen molar-refractivity contribution in [2.24, 2.45) is 0 Å². The van der Waals surface area contributed by atoms with Crippen molar-refractivity contribution in [3.63, 3.8) is 0 Å². The number of furan rings is 1. The van der Waals surface area contributed by atoms with Crippen molar-refractivity contribution < 1.29 is 14.1 Å². The zero-order valence-electron chi connectivity index (χ0n) is 16.7. The molecule has 3 aromatic rings. The molecule has 1 amide bonds. The maximum Gasteiger partial charge on any atom is 0.273 e.